The van der Waals surface area contributed by atoms with E-state index < -0.39 is 0 Å². The van der Waals surface area contributed by atoms with Crippen molar-refractivity contribution >= 4 is 15.9 Å². The summed E-state index contributed by atoms with van der Waals surface area (Å²) in [6.07, 6.45) is 2.47. The molecule has 21 heavy (non-hydrogen) atoms. The van der Waals surface area contributed by atoms with Crippen LogP contribution in [-0.4, -0.2) is 15.8 Å². The van der Waals surface area contributed by atoms with Gasteiger partial charge in [-0.15, -0.1) is 0 Å². The van der Waals surface area contributed by atoms with E-state index in [0.29, 0.717) is 12.0 Å². The van der Waals surface area contributed by atoms with Gasteiger partial charge in [0.05, 0.1) is 5.69 Å². The van der Waals surface area contributed by atoms with Crippen LogP contribution in [0.1, 0.15) is 41.3 Å². The van der Waals surface area contributed by atoms with Gasteiger partial charge in [-0.3, -0.25) is 4.68 Å². The summed E-state index contributed by atoms with van der Waals surface area (Å²) in [4.78, 5) is 0. The molecule has 3 rings (SSSR count). The van der Waals surface area contributed by atoms with Crippen LogP contribution in [-0.2, 0) is 13.6 Å². The second-order valence-electron chi connectivity index (χ2n) is 6.07. The van der Waals surface area contributed by atoms with Crippen LogP contribution >= 0.6 is 15.9 Å². The summed E-state index contributed by atoms with van der Waals surface area (Å²) in [6.45, 7) is 5.17. The maximum Gasteiger partial charge on any atom is 0.0641 e. The van der Waals surface area contributed by atoms with Gasteiger partial charge in [0.15, 0.2) is 0 Å². The Hall–Kier alpha value is -1.13. The van der Waals surface area contributed by atoms with Crippen molar-refractivity contribution in [1.82, 2.24) is 15.1 Å². The van der Waals surface area contributed by atoms with Crippen molar-refractivity contribution in [3.8, 4) is 0 Å². The molecule has 1 saturated carbocycles. The second kappa shape index (κ2) is 5.93. The molecule has 1 aromatic heterocycles. The third-order valence-corrected chi connectivity index (χ3v) is 5.23. The third kappa shape index (κ3) is 3.06. The van der Waals surface area contributed by atoms with Crippen molar-refractivity contribution in [2.24, 2.45) is 7.05 Å². The molecule has 0 spiro atoms. The molecule has 3 nitrogen and oxygen atoms in total. The standard InChI is InChI=1S/C17H22BrN3/c1-11-17(12(2)21(3)20-11)10-19-16-8-14(9-16)13-4-6-15(18)7-5-13/h4-7,14,16,19H,8-10H2,1-3H3. The molecule has 4 heteroatoms. The van der Waals surface area contributed by atoms with E-state index in [1.165, 1.54) is 29.7 Å². The number of nitrogens with one attached hydrogen (secondary N) is 1. The van der Waals surface area contributed by atoms with Crippen LogP contribution in [0.3, 0.4) is 0 Å². The minimum absolute atomic E-state index is 0.637. The number of benzene rings is 1. The first-order valence-electron chi connectivity index (χ1n) is 7.52. The first kappa shape index (κ1) is 14.8. The van der Waals surface area contributed by atoms with Crippen LogP contribution < -0.4 is 5.32 Å². The monoisotopic (exact) mass is 347 g/mol. The van der Waals surface area contributed by atoms with Crippen molar-refractivity contribution in [3.05, 3.63) is 51.3 Å². The molecule has 0 unspecified atom stereocenters. The molecular weight excluding hydrogens is 326 g/mol. The van der Waals surface area contributed by atoms with Gasteiger partial charge in [-0.25, -0.2) is 0 Å². The Morgan fingerprint density at radius 1 is 1.24 bits per heavy atom. The lowest BCUT2D eigenvalue weighted by Gasteiger charge is -2.36. The van der Waals surface area contributed by atoms with Crippen LogP contribution in [0.4, 0.5) is 0 Å². The number of hydrogen-bond acceptors (Lipinski definition) is 2. The fraction of sp³-hybridized carbons (Fsp3) is 0.471. The number of rotatable bonds is 4. The number of aryl methyl sites for hydroxylation is 2. The third-order valence-electron chi connectivity index (χ3n) is 4.71. The van der Waals surface area contributed by atoms with E-state index in [1.807, 2.05) is 11.7 Å². The molecule has 112 valence electrons. The van der Waals surface area contributed by atoms with Crippen molar-refractivity contribution in [1.29, 1.82) is 0 Å². The molecule has 1 aromatic carbocycles. The fourth-order valence-corrected chi connectivity index (χ4v) is 3.38. The Labute approximate surface area is 134 Å². The molecule has 1 fully saturated rings. The predicted octanol–water partition coefficient (Wildman–Crippen LogP) is 3.84. The van der Waals surface area contributed by atoms with E-state index in [4.69, 9.17) is 0 Å². The summed E-state index contributed by atoms with van der Waals surface area (Å²) >= 11 is 3.49. The van der Waals surface area contributed by atoms with E-state index in [2.05, 4.69) is 64.5 Å². The molecule has 0 amide bonds. The first-order valence-corrected chi connectivity index (χ1v) is 8.32. The van der Waals surface area contributed by atoms with Crippen molar-refractivity contribution in [3.63, 3.8) is 0 Å². The van der Waals surface area contributed by atoms with E-state index in [1.54, 1.807) is 0 Å². The zero-order valence-electron chi connectivity index (χ0n) is 12.9. The van der Waals surface area contributed by atoms with Gasteiger partial charge >= 0.3 is 0 Å². The van der Waals surface area contributed by atoms with Crippen LogP contribution in [0.2, 0.25) is 0 Å². The van der Waals surface area contributed by atoms with Crippen LogP contribution in [0.25, 0.3) is 0 Å². The number of hydrogen-bond donors (Lipinski definition) is 1. The molecule has 0 atom stereocenters. The molecule has 1 heterocycles. The maximum atomic E-state index is 4.48. The molecule has 1 aliphatic rings. The topological polar surface area (TPSA) is 29.9 Å². The van der Waals surface area contributed by atoms with Crippen LogP contribution in [0.15, 0.2) is 28.7 Å². The SMILES string of the molecule is Cc1nn(C)c(C)c1CNC1CC(c2ccc(Br)cc2)C1. The van der Waals surface area contributed by atoms with Gasteiger partial charge in [0.25, 0.3) is 0 Å². The summed E-state index contributed by atoms with van der Waals surface area (Å²) in [5, 5.41) is 8.15. The molecule has 0 radical (unpaired) electrons. The Morgan fingerprint density at radius 2 is 1.90 bits per heavy atom. The lowest BCUT2D eigenvalue weighted by molar-refractivity contribution is 0.289. The van der Waals surface area contributed by atoms with Gasteiger partial charge in [0.1, 0.15) is 0 Å². The number of nitrogens with zero attached hydrogens (tertiary/aromatic N) is 2. The minimum atomic E-state index is 0.637. The molecule has 0 saturated heterocycles. The highest BCUT2D eigenvalue weighted by molar-refractivity contribution is 9.10. The van der Waals surface area contributed by atoms with Gasteiger partial charge in [-0.1, -0.05) is 28.1 Å². The van der Waals surface area contributed by atoms with Crippen molar-refractivity contribution in [2.75, 3.05) is 0 Å². The highest BCUT2D eigenvalue weighted by Gasteiger charge is 2.30. The fourth-order valence-electron chi connectivity index (χ4n) is 3.11. The molecule has 1 N–H and O–H groups in total. The molecule has 2 aromatic rings. The normalized spacial score (nSPS) is 21.3. The largest absolute Gasteiger partial charge is 0.310 e. The van der Waals surface area contributed by atoms with Gasteiger partial charge in [-0.05, 0) is 50.3 Å². The van der Waals surface area contributed by atoms with Gasteiger partial charge < -0.3 is 5.32 Å². The summed E-state index contributed by atoms with van der Waals surface area (Å²) in [6, 6.07) is 9.38. The van der Waals surface area contributed by atoms with Crippen LogP contribution in [0.5, 0.6) is 0 Å². The summed E-state index contributed by atoms with van der Waals surface area (Å²) in [7, 11) is 2.01. The lowest BCUT2D eigenvalue weighted by Crippen LogP contribution is -2.39. The lowest BCUT2D eigenvalue weighted by atomic mass is 9.76. The zero-order chi connectivity index (χ0) is 15.0. The molecule has 1 aliphatic carbocycles. The number of halogens is 1. The zero-order valence-corrected chi connectivity index (χ0v) is 14.4. The van der Waals surface area contributed by atoms with E-state index in [9.17, 15) is 0 Å². The Bertz CT molecular complexity index is 624. The first-order chi connectivity index (χ1) is 10.0. The Balaban J connectivity index is 1.52. The van der Waals surface area contributed by atoms with Crippen LogP contribution in [0, 0.1) is 13.8 Å². The summed E-state index contributed by atoms with van der Waals surface area (Å²) in [5.41, 5.74) is 5.23. The van der Waals surface area contributed by atoms with Crippen molar-refractivity contribution < 1.29 is 0 Å². The predicted molar refractivity (Wildman–Crippen MR) is 89.4 cm³/mol. The summed E-state index contributed by atoms with van der Waals surface area (Å²) < 4.78 is 3.13. The molecular formula is C17H22BrN3. The summed E-state index contributed by atoms with van der Waals surface area (Å²) in [5.74, 6) is 0.715. The average molecular weight is 348 g/mol. The Kier molecular flexibility index (Phi) is 4.18. The smallest absolute Gasteiger partial charge is 0.0641 e. The maximum absolute atomic E-state index is 4.48. The minimum Gasteiger partial charge on any atom is -0.310 e. The highest BCUT2D eigenvalue weighted by atomic mass is 79.9. The van der Waals surface area contributed by atoms with E-state index in [0.717, 1.165) is 16.7 Å². The van der Waals surface area contributed by atoms with E-state index in [-0.39, 0.29) is 0 Å². The van der Waals surface area contributed by atoms with Crippen molar-refractivity contribution in [2.45, 2.75) is 45.2 Å². The van der Waals surface area contributed by atoms with Gasteiger partial charge in [0, 0.05) is 35.4 Å². The Morgan fingerprint density at radius 3 is 2.48 bits per heavy atom. The highest BCUT2D eigenvalue weighted by Crippen LogP contribution is 2.37. The average Bonchev–Trinajstić information content (AvgIpc) is 2.65. The molecule has 0 aliphatic heterocycles. The van der Waals surface area contributed by atoms with Gasteiger partial charge in [0.2, 0.25) is 0 Å². The molecule has 0 bridgehead atoms. The quantitative estimate of drug-likeness (QED) is 0.910. The second-order valence-corrected chi connectivity index (χ2v) is 6.99. The van der Waals surface area contributed by atoms with Gasteiger partial charge in [-0.2, -0.15) is 5.10 Å². The number of aromatic nitrogens is 2. The van der Waals surface area contributed by atoms with E-state index >= 15 is 0 Å².